The molecule has 3 heteroatoms. The fourth-order valence-corrected chi connectivity index (χ4v) is 2.44. The molecule has 1 unspecified atom stereocenters. The largest absolute Gasteiger partial charge is 0.497 e. The summed E-state index contributed by atoms with van der Waals surface area (Å²) in [5.41, 5.74) is 8.48. The van der Waals surface area contributed by atoms with Crippen LogP contribution in [0.2, 0.25) is 0 Å². The van der Waals surface area contributed by atoms with Gasteiger partial charge in [0.25, 0.3) is 0 Å². The van der Waals surface area contributed by atoms with Crippen LogP contribution in [-0.2, 0) is 6.42 Å². The fraction of sp³-hybridized carbons (Fsp3) is 0.368. The van der Waals surface area contributed by atoms with Gasteiger partial charge < -0.3 is 15.2 Å². The molecule has 0 spiro atoms. The lowest BCUT2D eigenvalue weighted by Gasteiger charge is -2.16. The average molecular weight is 299 g/mol. The number of methoxy groups -OCH3 is 1. The van der Waals surface area contributed by atoms with E-state index in [1.807, 2.05) is 24.3 Å². The molecule has 1 atom stereocenters. The van der Waals surface area contributed by atoms with Gasteiger partial charge in [-0.05, 0) is 54.8 Å². The second kappa shape index (κ2) is 8.44. The highest BCUT2D eigenvalue weighted by Gasteiger charge is 2.11. The first-order chi connectivity index (χ1) is 10.8. The fourth-order valence-electron chi connectivity index (χ4n) is 2.44. The van der Waals surface area contributed by atoms with Crippen LogP contribution in [-0.4, -0.2) is 20.3 Å². The molecule has 0 amide bonds. The van der Waals surface area contributed by atoms with Crippen LogP contribution in [0.3, 0.4) is 0 Å². The van der Waals surface area contributed by atoms with Crippen LogP contribution in [0.1, 0.15) is 30.4 Å². The van der Waals surface area contributed by atoms with Gasteiger partial charge in [0.1, 0.15) is 11.5 Å². The molecule has 0 fully saturated rings. The Bertz CT molecular complexity index is 549. The highest BCUT2D eigenvalue weighted by Crippen LogP contribution is 2.23. The highest BCUT2D eigenvalue weighted by atomic mass is 16.5. The third kappa shape index (κ3) is 4.50. The molecule has 2 aromatic rings. The average Bonchev–Trinajstić information content (AvgIpc) is 2.59. The molecule has 0 radical (unpaired) electrons. The van der Waals surface area contributed by atoms with E-state index in [2.05, 4.69) is 31.2 Å². The smallest absolute Gasteiger partial charge is 0.119 e. The quantitative estimate of drug-likeness (QED) is 0.807. The van der Waals surface area contributed by atoms with Crippen LogP contribution >= 0.6 is 0 Å². The summed E-state index contributed by atoms with van der Waals surface area (Å²) >= 11 is 0. The van der Waals surface area contributed by atoms with Crippen molar-refractivity contribution in [2.45, 2.75) is 25.7 Å². The van der Waals surface area contributed by atoms with E-state index in [-0.39, 0.29) is 0 Å². The molecule has 0 aliphatic heterocycles. The van der Waals surface area contributed by atoms with E-state index >= 15 is 0 Å². The van der Waals surface area contributed by atoms with E-state index in [9.17, 15) is 0 Å². The Morgan fingerprint density at radius 3 is 2.14 bits per heavy atom. The van der Waals surface area contributed by atoms with E-state index in [0.717, 1.165) is 30.9 Å². The molecule has 2 N–H and O–H groups in total. The van der Waals surface area contributed by atoms with Crippen LogP contribution < -0.4 is 15.2 Å². The first kappa shape index (κ1) is 16.4. The Kier molecular flexibility index (Phi) is 6.28. The zero-order valence-electron chi connectivity index (χ0n) is 13.4. The van der Waals surface area contributed by atoms with Gasteiger partial charge in [0, 0.05) is 5.92 Å². The van der Waals surface area contributed by atoms with Crippen molar-refractivity contribution in [3.05, 3.63) is 59.7 Å². The van der Waals surface area contributed by atoms with Gasteiger partial charge in [-0.1, -0.05) is 31.2 Å². The van der Waals surface area contributed by atoms with E-state index < -0.39 is 0 Å². The maximum absolute atomic E-state index is 5.96. The summed E-state index contributed by atoms with van der Waals surface area (Å²) in [6, 6.07) is 16.5. The van der Waals surface area contributed by atoms with E-state index in [1.54, 1.807) is 7.11 Å². The summed E-state index contributed by atoms with van der Waals surface area (Å²) in [7, 11) is 1.68. The first-order valence-corrected chi connectivity index (χ1v) is 7.82. The Labute approximate surface area is 133 Å². The Morgan fingerprint density at radius 2 is 1.59 bits per heavy atom. The summed E-state index contributed by atoms with van der Waals surface area (Å²) in [6.07, 6.45) is 1.95. The Hall–Kier alpha value is -2.00. The van der Waals surface area contributed by atoms with Crippen molar-refractivity contribution in [3.8, 4) is 11.5 Å². The maximum atomic E-state index is 5.96. The SMILES string of the molecule is CCCOc1ccc(CC(CN)c2ccc(OC)cc2)cc1. The molecule has 0 aliphatic carbocycles. The standard InChI is InChI=1S/C19H25NO2/c1-3-12-22-19-8-4-15(5-9-19)13-17(14-20)16-6-10-18(21-2)11-7-16/h4-11,17H,3,12-14,20H2,1-2H3. The highest BCUT2D eigenvalue weighted by molar-refractivity contribution is 5.32. The molecule has 2 aromatic carbocycles. The van der Waals surface area contributed by atoms with Crippen molar-refractivity contribution in [2.24, 2.45) is 5.73 Å². The van der Waals surface area contributed by atoms with Crippen LogP contribution in [0.25, 0.3) is 0 Å². The topological polar surface area (TPSA) is 44.5 Å². The second-order valence-corrected chi connectivity index (χ2v) is 5.40. The number of ether oxygens (including phenoxy) is 2. The number of rotatable bonds is 8. The van der Waals surface area contributed by atoms with Crippen LogP contribution in [0.15, 0.2) is 48.5 Å². The molecular weight excluding hydrogens is 274 g/mol. The van der Waals surface area contributed by atoms with E-state index in [4.69, 9.17) is 15.2 Å². The van der Waals surface area contributed by atoms with Crippen molar-refractivity contribution in [1.29, 1.82) is 0 Å². The zero-order chi connectivity index (χ0) is 15.8. The molecule has 22 heavy (non-hydrogen) atoms. The van der Waals surface area contributed by atoms with E-state index in [1.165, 1.54) is 11.1 Å². The molecule has 0 saturated heterocycles. The molecule has 3 nitrogen and oxygen atoms in total. The minimum Gasteiger partial charge on any atom is -0.497 e. The zero-order valence-corrected chi connectivity index (χ0v) is 13.4. The molecule has 0 aliphatic rings. The molecule has 0 aromatic heterocycles. The van der Waals surface area contributed by atoms with Gasteiger partial charge in [0.2, 0.25) is 0 Å². The minimum absolute atomic E-state index is 0.313. The normalized spacial score (nSPS) is 12.0. The second-order valence-electron chi connectivity index (χ2n) is 5.40. The number of benzene rings is 2. The third-order valence-corrected chi connectivity index (χ3v) is 3.75. The lowest BCUT2D eigenvalue weighted by Crippen LogP contribution is -2.15. The van der Waals surface area contributed by atoms with Crippen LogP contribution in [0, 0.1) is 0 Å². The third-order valence-electron chi connectivity index (χ3n) is 3.75. The number of nitrogens with two attached hydrogens (primary N) is 1. The number of hydrogen-bond acceptors (Lipinski definition) is 3. The predicted molar refractivity (Wildman–Crippen MR) is 90.7 cm³/mol. The molecule has 0 heterocycles. The lowest BCUT2D eigenvalue weighted by atomic mass is 9.92. The molecule has 0 bridgehead atoms. The number of hydrogen-bond donors (Lipinski definition) is 1. The van der Waals surface area contributed by atoms with E-state index in [0.29, 0.717) is 12.5 Å². The van der Waals surface area contributed by atoms with Gasteiger partial charge in [-0.15, -0.1) is 0 Å². The summed E-state index contributed by atoms with van der Waals surface area (Å²) in [6.45, 7) is 3.49. The van der Waals surface area contributed by atoms with Crippen molar-refractivity contribution >= 4 is 0 Å². The Morgan fingerprint density at radius 1 is 0.955 bits per heavy atom. The summed E-state index contributed by atoms with van der Waals surface area (Å²) < 4.78 is 10.8. The van der Waals surface area contributed by atoms with Gasteiger partial charge >= 0.3 is 0 Å². The lowest BCUT2D eigenvalue weighted by molar-refractivity contribution is 0.317. The first-order valence-electron chi connectivity index (χ1n) is 7.82. The van der Waals surface area contributed by atoms with Gasteiger partial charge in [0.05, 0.1) is 13.7 Å². The summed E-state index contributed by atoms with van der Waals surface area (Å²) in [5.74, 6) is 2.12. The van der Waals surface area contributed by atoms with Gasteiger partial charge in [-0.25, -0.2) is 0 Å². The molecule has 2 rings (SSSR count). The van der Waals surface area contributed by atoms with Crippen molar-refractivity contribution in [1.82, 2.24) is 0 Å². The van der Waals surface area contributed by atoms with Gasteiger partial charge in [-0.3, -0.25) is 0 Å². The van der Waals surface area contributed by atoms with Gasteiger partial charge in [0.15, 0.2) is 0 Å². The summed E-state index contributed by atoms with van der Waals surface area (Å²) in [5, 5.41) is 0. The summed E-state index contributed by atoms with van der Waals surface area (Å²) in [4.78, 5) is 0. The monoisotopic (exact) mass is 299 g/mol. The van der Waals surface area contributed by atoms with Crippen molar-refractivity contribution in [2.75, 3.05) is 20.3 Å². The van der Waals surface area contributed by atoms with Crippen molar-refractivity contribution in [3.63, 3.8) is 0 Å². The minimum atomic E-state index is 0.313. The maximum Gasteiger partial charge on any atom is 0.119 e. The predicted octanol–water partition coefficient (Wildman–Crippen LogP) is 3.77. The van der Waals surface area contributed by atoms with Crippen molar-refractivity contribution < 1.29 is 9.47 Å². The van der Waals surface area contributed by atoms with Gasteiger partial charge in [-0.2, -0.15) is 0 Å². The molecular formula is C19H25NO2. The molecule has 118 valence electrons. The molecule has 0 saturated carbocycles. The van der Waals surface area contributed by atoms with Crippen LogP contribution in [0.4, 0.5) is 0 Å². The Balaban J connectivity index is 2.02. The van der Waals surface area contributed by atoms with Crippen LogP contribution in [0.5, 0.6) is 11.5 Å².